The van der Waals surface area contributed by atoms with Gasteiger partial charge in [-0.15, -0.1) is 18.2 Å². The fourth-order valence-corrected chi connectivity index (χ4v) is 10.1. The number of halogens is 1. The van der Waals surface area contributed by atoms with Gasteiger partial charge in [-0.05, 0) is 123 Å². The van der Waals surface area contributed by atoms with Gasteiger partial charge < -0.3 is 43.5 Å². The Balaban J connectivity index is 1.33. The molecular weight excluding hydrogens is 848 g/mol. The molecule has 1 amide bonds. The average Bonchev–Trinajstić information content (AvgIpc) is 3.78. The minimum Gasteiger partial charge on any atom is -0.459 e. The minimum absolute atomic E-state index is 0.0112. The van der Waals surface area contributed by atoms with Gasteiger partial charge in [0.15, 0.2) is 11.5 Å². The lowest BCUT2D eigenvalue weighted by molar-refractivity contribution is -0.256. The summed E-state index contributed by atoms with van der Waals surface area (Å²) in [7, 11) is 0. The normalized spacial score (nSPS) is 23.5. The largest absolute Gasteiger partial charge is 0.459 e. The minimum atomic E-state index is -1.50. The highest BCUT2D eigenvalue weighted by Crippen LogP contribution is 2.62. The van der Waals surface area contributed by atoms with Crippen molar-refractivity contribution in [3.05, 3.63) is 114 Å². The van der Waals surface area contributed by atoms with Gasteiger partial charge in [-0.25, -0.2) is 4.79 Å². The third-order valence-electron chi connectivity index (χ3n) is 12.7. The molecule has 1 fully saturated rings. The number of amides is 1. The third-order valence-corrected chi connectivity index (χ3v) is 12.9. The Morgan fingerprint density at radius 2 is 1.66 bits per heavy atom. The number of allylic oxidation sites excluding steroid dienone is 1. The first-order valence-corrected chi connectivity index (χ1v) is 23.4. The van der Waals surface area contributed by atoms with Crippen LogP contribution >= 0.6 is 11.6 Å². The molecule has 12 nitrogen and oxygen atoms in total. The van der Waals surface area contributed by atoms with Gasteiger partial charge in [0.1, 0.15) is 35.5 Å². The molecule has 0 aromatic heterocycles. The van der Waals surface area contributed by atoms with Crippen LogP contribution in [0.3, 0.4) is 0 Å². The van der Waals surface area contributed by atoms with E-state index in [4.69, 9.17) is 50.0 Å². The van der Waals surface area contributed by atoms with Gasteiger partial charge in [-0.1, -0.05) is 66.5 Å². The van der Waals surface area contributed by atoms with Crippen molar-refractivity contribution in [3.63, 3.8) is 0 Å². The molecule has 1 saturated carbocycles. The number of aliphatic hydroxyl groups is 2. The van der Waals surface area contributed by atoms with Crippen LogP contribution in [-0.4, -0.2) is 83.4 Å². The Morgan fingerprint density at radius 1 is 0.923 bits per heavy atom. The molecule has 346 valence electrons. The van der Waals surface area contributed by atoms with Crippen LogP contribution in [0, 0.1) is 17.8 Å². The summed E-state index contributed by atoms with van der Waals surface area (Å²) in [6.07, 6.45) is 8.14. The molecule has 0 unspecified atom stereocenters. The van der Waals surface area contributed by atoms with Crippen molar-refractivity contribution in [2.75, 3.05) is 39.1 Å². The lowest BCUT2D eigenvalue weighted by Crippen LogP contribution is -2.70. The number of unbranched alkanes of at least 4 members (excludes halogenated alkanes) is 2. The fourth-order valence-electron chi connectivity index (χ4n) is 10.0. The smallest absolute Gasteiger partial charge is 0.410 e. The zero-order chi connectivity index (χ0) is 45.6. The molecule has 4 aromatic carbocycles. The number of carbonyl (C=O) groups excluding carboxylic acids is 1. The second kappa shape index (κ2) is 20.5. The van der Waals surface area contributed by atoms with E-state index in [2.05, 4.69) is 36.9 Å². The summed E-state index contributed by atoms with van der Waals surface area (Å²) in [6.45, 7) is 10.4. The predicted molar refractivity (Wildman–Crippen MR) is 250 cm³/mol. The Kier molecular flexibility index (Phi) is 14.6. The number of ether oxygens (including phenoxy) is 6. The summed E-state index contributed by atoms with van der Waals surface area (Å²) in [6, 6.07) is 25.0. The number of hydrogen-bond acceptors (Lipinski definition) is 11. The molecule has 0 radical (unpaired) electrons. The Labute approximate surface area is 386 Å². The van der Waals surface area contributed by atoms with E-state index in [0.717, 1.165) is 53.2 Å². The zero-order valence-corrected chi connectivity index (χ0v) is 38.3. The van der Waals surface area contributed by atoms with E-state index in [1.807, 2.05) is 75.4 Å². The van der Waals surface area contributed by atoms with E-state index in [9.17, 15) is 15.0 Å². The zero-order valence-electron chi connectivity index (χ0n) is 37.6. The average molecular weight is 910 g/mol. The number of oxime groups is 1. The van der Waals surface area contributed by atoms with Crippen LogP contribution in [0.1, 0.15) is 82.8 Å². The van der Waals surface area contributed by atoms with Crippen molar-refractivity contribution in [2.45, 2.75) is 95.6 Å². The maximum atomic E-state index is 14.7. The van der Waals surface area contributed by atoms with Crippen LogP contribution in [0.25, 0.3) is 10.8 Å². The van der Waals surface area contributed by atoms with Crippen molar-refractivity contribution in [1.82, 2.24) is 4.90 Å². The first-order chi connectivity index (χ1) is 31.5. The number of nitrogens with zero attached hydrogens (tertiary/aromatic N) is 2. The maximum absolute atomic E-state index is 14.7. The lowest BCUT2D eigenvalue weighted by Gasteiger charge is -2.60. The van der Waals surface area contributed by atoms with Crippen LogP contribution in [0.2, 0.25) is 0 Å². The van der Waals surface area contributed by atoms with Crippen molar-refractivity contribution >= 4 is 34.2 Å². The highest BCUT2D eigenvalue weighted by Gasteiger charge is 2.66. The molecule has 4 aliphatic rings. The van der Waals surface area contributed by atoms with E-state index < -0.39 is 29.4 Å². The number of hydrogen-bond donors (Lipinski definition) is 2. The number of rotatable bonds is 19. The van der Waals surface area contributed by atoms with Gasteiger partial charge in [-0.2, -0.15) is 0 Å². The molecule has 2 aliphatic heterocycles. The van der Waals surface area contributed by atoms with E-state index in [1.54, 1.807) is 11.0 Å². The Bertz CT molecular complexity index is 2380. The number of aliphatic hydroxyl groups excluding tert-OH is 2. The van der Waals surface area contributed by atoms with Gasteiger partial charge in [0.05, 0.1) is 24.1 Å². The van der Waals surface area contributed by atoms with Crippen molar-refractivity contribution in [3.8, 4) is 28.7 Å². The molecular formula is C52H61ClN2O10. The molecule has 0 bridgehead atoms. The summed E-state index contributed by atoms with van der Waals surface area (Å²) in [4.78, 5) is 22.7. The van der Waals surface area contributed by atoms with E-state index in [1.165, 1.54) is 0 Å². The molecule has 2 N–H and O–H groups in total. The highest BCUT2D eigenvalue weighted by molar-refractivity contribution is 6.18. The van der Waals surface area contributed by atoms with E-state index in [0.29, 0.717) is 47.3 Å². The van der Waals surface area contributed by atoms with Crippen molar-refractivity contribution in [2.24, 2.45) is 22.9 Å². The molecule has 65 heavy (non-hydrogen) atoms. The molecule has 4 aromatic rings. The Hall–Kier alpha value is -5.27. The summed E-state index contributed by atoms with van der Waals surface area (Å²) < 4.78 is 38.5. The second-order valence-corrected chi connectivity index (χ2v) is 18.6. The topological polar surface area (TPSA) is 138 Å². The molecule has 0 saturated heterocycles. The van der Waals surface area contributed by atoms with Gasteiger partial charge in [0.25, 0.3) is 0 Å². The number of benzene rings is 4. The predicted octanol–water partition coefficient (Wildman–Crippen LogP) is 10.7. The quantitative estimate of drug-likeness (QED) is 0.0405. The standard InChI is InChI=1S/C52H61ClN2O10/c1-5-25-62-52-47(55(50(58)59-26-22-53)32-34-16-20-45-46(27-34)61-33-60-45)31-43(54-65-51(2,3)4)41-29-37(14-8-10-23-56)40(15-9-11-24-57)48(49(41)52)42-30-39(19-21-44(42)64-52)63-38-18-17-35-12-6-7-13-36(35)28-38/h5-7,12-13,16-21,27-30,37,40,47-49,56-57H,1,8-11,14-15,22-26,31-33H2,2-4H3/t37-,40+,47-,48+,49+,52+/m0/s1. The van der Waals surface area contributed by atoms with Crippen molar-refractivity contribution in [1.29, 1.82) is 0 Å². The Morgan fingerprint density at radius 3 is 2.43 bits per heavy atom. The fraction of sp³-hybridized carbons (Fsp3) is 0.462. The molecule has 13 heteroatoms. The van der Waals surface area contributed by atoms with Crippen LogP contribution in [-0.2, 0) is 20.9 Å². The monoisotopic (exact) mass is 908 g/mol. The van der Waals surface area contributed by atoms with Crippen molar-refractivity contribution < 1.29 is 48.3 Å². The van der Waals surface area contributed by atoms with Crippen LogP contribution < -0.4 is 18.9 Å². The van der Waals surface area contributed by atoms with Gasteiger partial charge in [-0.3, -0.25) is 4.90 Å². The van der Waals surface area contributed by atoms with Gasteiger partial charge >= 0.3 is 6.09 Å². The van der Waals surface area contributed by atoms with E-state index >= 15 is 0 Å². The number of alkyl halides is 1. The molecule has 8 rings (SSSR count). The first kappa shape index (κ1) is 46.3. The van der Waals surface area contributed by atoms with Gasteiger partial charge in [0.2, 0.25) is 12.6 Å². The number of fused-ring (bicyclic) bond motifs is 4. The van der Waals surface area contributed by atoms with Crippen LogP contribution in [0.5, 0.6) is 28.7 Å². The highest BCUT2D eigenvalue weighted by atomic mass is 35.5. The first-order valence-electron chi connectivity index (χ1n) is 22.9. The molecule has 2 aliphatic carbocycles. The third kappa shape index (κ3) is 10.1. The van der Waals surface area contributed by atoms with Gasteiger partial charge in [0, 0.05) is 37.7 Å². The summed E-state index contributed by atoms with van der Waals surface area (Å²) >= 11 is 6.14. The summed E-state index contributed by atoms with van der Waals surface area (Å²) in [5.41, 5.74) is 2.70. The SMILES string of the molecule is C=CCO[C@@]12Oc3ccc(Oc4ccc5ccccc5c4)cc3[C@H]3[C@H](CCCCO)[C@@H](CCCCO)C=C(C(=NOC(C)(C)C)C[C@@H]1N(Cc1ccc4c(c1)OCO4)C(=O)OCCCl)[C@H]32. The second-order valence-electron chi connectivity index (χ2n) is 18.2. The molecule has 0 spiro atoms. The number of carbonyl (C=O) groups is 1. The molecule has 6 atom stereocenters. The van der Waals surface area contributed by atoms with Crippen LogP contribution in [0.15, 0.2) is 108 Å². The summed E-state index contributed by atoms with van der Waals surface area (Å²) in [5.74, 6) is 1.07. The molecule has 2 heterocycles. The van der Waals surface area contributed by atoms with Crippen LogP contribution in [0.4, 0.5) is 4.79 Å². The maximum Gasteiger partial charge on any atom is 0.410 e. The van der Waals surface area contributed by atoms with E-state index in [-0.39, 0.29) is 69.8 Å². The summed E-state index contributed by atoms with van der Waals surface area (Å²) in [5, 5.41) is 27.2. The lowest BCUT2D eigenvalue weighted by atomic mass is 9.55.